The van der Waals surface area contributed by atoms with Crippen LogP contribution < -0.4 is 4.72 Å². The van der Waals surface area contributed by atoms with Gasteiger partial charge < -0.3 is 0 Å². The topological polar surface area (TPSA) is 130 Å². The van der Waals surface area contributed by atoms with Gasteiger partial charge in [-0.15, -0.1) is 0 Å². The lowest BCUT2D eigenvalue weighted by Gasteiger charge is -2.09. The quantitative estimate of drug-likeness (QED) is 0.730. The second-order valence-corrected chi connectivity index (χ2v) is 6.50. The molecule has 1 N–H and O–H groups in total. The van der Waals surface area contributed by atoms with Crippen molar-refractivity contribution in [3.63, 3.8) is 0 Å². The molecule has 3 aromatic heterocycles. The molecule has 0 unspecified atom stereocenters. The molecule has 1 amide bonds. The average Bonchev–Trinajstić information content (AvgIpc) is 3.04. The van der Waals surface area contributed by atoms with E-state index in [4.69, 9.17) is 5.26 Å². The maximum absolute atomic E-state index is 12.3. The van der Waals surface area contributed by atoms with E-state index < -0.39 is 15.9 Å². The fourth-order valence-corrected chi connectivity index (χ4v) is 3.03. The number of nitrogens with zero attached hydrogens (tertiary/aromatic N) is 5. The molecule has 0 bridgehead atoms. The normalized spacial score (nSPS) is 11.2. The minimum absolute atomic E-state index is 0.0687. The molecule has 0 fully saturated rings. The Morgan fingerprint density at radius 2 is 2.12 bits per heavy atom. The Kier molecular flexibility index (Phi) is 3.70. The number of nitriles is 1. The van der Waals surface area contributed by atoms with Crippen LogP contribution in [0.3, 0.4) is 0 Å². The van der Waals surface area contributed by atoms with Gasteiger partial charge in [0.25, 0.3) is 15.9 Å². The third-order valence-corrected chi connectivity index (χ3v) is 4.58. The summed E-state index contributed by atoms with van der Waals surface area (Å²) in [7, 11) is -4.17. The van der Waals surface area contributed by atoms with E-state index in [2.05, 4.69) is 15.1 Å². The zero-order chi connectivity index (χ0) is 17.3. The van der Waals surface area contributed by atoms with Crippen LogP contribution in [0.2, 0.25) is 0 Å². The van der Waals surface area contributed by atoms with Crippen LogP contribution in [0, 0.1) is 18.3 Å². The van der Waals surface area contributed by atoms with Crippen LogP contribution >= 0.6 is 0 Å². The van der Waals surface area contributed by atoms with Crippen LogP contribution in [0.25, 0.3) is 5.65 Å². The first-order valence-corrected chi connectivity index (χ1v) is 8.12. The first kappa shape index (κ1) is 15.6. The first-order chi connectivity index (χ1) is 11.4. The molecular weight excluding hydrogens is 332 g/mol. The summed E-state index contributed by atoms with van der Waals surface area (Å²) < 4.78 is 27.9. The molecule has 24 heavy (non-hydrogen) atoms. The van der Waals surface area contributed by atoms with Crippen molar-refractivity contribution in [1.82, 2.24) is 24.3 Å². The molecule has 0 aromatic carbocycles. The van der Waals surface area contributed by atoms with Gasteiger partial charge in [0.15, 0.2) is 5.65 Å². The van der Waals surface area contributed by atoms with E-state index in [0.717, 1.165) is 12.3 Å². The van der Waals surface area contributed by atoms with E-state index in [9.17, 15) is 13.2 Å². The zero-order valence-electron chi connectivity index (χ0n) is 12.3. The Morgan fingerprint density at radius 3 is 2.88 bits per heavy atom. The molecular formula is C14H10N6O3S. The third-order valence-electron chi connectivity index (χ3n) is 3.28. The third kappa shape index (κ3) is 2.68. The fourth-order valence-electron chi connectivity index (χ4n) is 2.08. The lowest BCUT2D eigenvalue weighted by Crippen LogP contribution is -2.31. The van der Waals surface area contributed by atoms with Gasteiger partial charge in [-0.2, -0.15) is 10.4 Å². The molecule has 3 heterocycles. The smallest absolute Gasteiger partial charge is 0.268 e. The molecule has 9 nitrogen and oxygen atoms in total. The van der Waals surface area contributed by atoms with Crippen LogP contribution in [0.5, 0.6) is 0 Å². The molecule has 0 atom stereocenters. The van der Waals surface area contributed by atoms with Gasteiger partial charge in [0.2, 0.25) is 0 Å². The lowest BCUT2D eigenvalue weighted by molar-refractivity contribution is 0.0980. The molecule has 3 rings (SSSR count). The molecule has 0 aliphatic heterocycles. The number of pyridine rings is 1. The Labute approximate surface area is 136 Å². The monoisotopic (exact) mass is 342 g/mol. The van der Waals surface area contributed by atoms with Gasteiger partial charge >= 0.3 is 0 Å². The van der Waals surface area contributed by atoms with Gasteiger partial charge in [-0.3, -0.25) is 9.78 Å². The van der Waals surface area contributed by atoms with Crippen molar-refractivity contribution in [3.05, 3.63) is 53.7 Å². The second-order valence-electron chi connectivity index (χ2n) is 4.81. The summed E-state index contributed by atoms with van der Waals surface area (Å²) in [5, 5.41) is 12.8. The highest BCUT2D eigenvalue weighted by Gasteiger charge is 2.22. The minimum atomic E-state index is -4.17. The lowest BCUT2D eigenvalue weighted by atomic mass is 10.2. The van der Waals surface area contributed by atoms with Crippen molar-refractivity contribution in [2.45, 2.75) is 11.8 Å². The number of sulfonamides is 1. The highest BCUT2D eigenvalue weighted by Crippen LogP contribution is 2.12. The van der Waals surface area contributed by atoms with Crippen LogP contribution in [0.1, 0.15) is 21.6 Å². The fraction of sp³-hybridized carbons (Fsp3) is 0.0714. The average molecular weight is 342 g/mol. The Morgan fingerprint density at radius 1 is 1.33 bits per heavy atom. The van der Waals surface area contributed by atoms with Crippen molar-refractivity contribution in [2.75, 3.05) is 0 Å². The first-order valence-electron chi connectivity index (χ1n) is 6.64. The van der Waals surface area contributed by atoms with E-state index in [1.807, 2.05) is 4.72 Å². The van der Waals surface area contributed by atoms with E-state index in [-0.39, 0.29) is 16.0 Å². The van der Waals surface area contributed by atoms with Crippen LogP contribution in [0.15, 0.2) is 41.8 Å². The summed E-state index contributed by atoms with van der Waals surface area (Å²) in [5.41, 5.74) is 1.12. The number of hydrogen-bond donors (Lipinski definition) is 1. The van der Waals surface area contributed by atoms with Gasteiger partial charge in [0.1, 0.15) is 11.0 Å². The van der Waals surface area contributed by atoms with Crippen molar-refractivity contribution < 1.29 is 13.2 Å². The van der Waals surface area contributed by atoms with Gasteiger partial charge in [-0.25, -0.2) is 22.6 Å². The molecule has 0 radical (unpaired) electrons. The Balaban J connectivity index is 1.95. The van der Waals surface area contributed by atoms with Crippen LogP contribution in [0.4, 0.5) is 0 Å². The molecule has 0 saturated heterocycles. The Bertz CT molecular complexity index is 1100. The predicted molar refractivity (Wildman–Crippen MR) is 81.3 cm³/mol. The van der Waals surface area contributed by atoms with Crippen LogP contribution in [-0.2, 0) is 10.0 Å². The van der Waals surface area contributed by atoms with E-state index in [0.29, 0.717) is 11.3 Å². The van der Waals surface area contributed by atoms with Gasteiger partial charge in [0.05, 0.1) is 23.0 Å². The van der Waals surface area contributed by atoms with Crippen LogP contribution in [-0.4, -0.2) is 33.9 Å². The minimum Gasteiger partial charge on any atom is -0.268 e. The van der Waals surface area contributed by atoms with Gasteiger partial charge in [-0.05, 0) is 13.0 Å². The maximum atomic E-state index is 12.3. The number of aryl methyl sites for hydroxylation is 1. The summed E-state index contributed by atoms with van der Waals surface area (Å²) >= 11 is 0. The summed E-state index contributed by atoms with van der Waals surface area (Å²) in [4.78, 5) is 19.8. The Hall–Kier alpha value is -3.32. The highest BCUT2D eigenvalue weighted by atomic mass is 32.2. The highest BCUT2D eigenvalue weighted by molar-refractivity contribution is 7.90. The summed E-state index contributed by atoms with van der Waals surface area (Å²) in [6, 6.07) is 4.58. The standard InChI is InChI=1S/C14H10N6O3S/c1-9-12(8-17-13-2-3-18-20(9)13)14(21)19-24(22,23)11-4-10(5-15)6-16-7-11/h2-4,6-8H,1H3,(H,19,21). The second kappa shape index (κ2) is 5.71. The number of aromatic nitrogens is 4. The molecule has 0 saturated carbocycles. The van der Waals surface area contributed by atoms with Crippen molar-refractivity contribution in [2.24, 2.45) is 0 Å². The summed E-state index contributed by atoms with van der Waals surface area (Å²) in [6.45, 7) is 1.63. The summed E-state index contributed by atoms with van der Waals surface area (Å²) in [5.74, 6) is -0.847. The number of carbonyl (C=O) groups excluding carboxylic acids is 1. The summed E-state index contributed by atoms with van der Waals surface area (Å²) in [6.07, 6.45) is 5.08. The number of amides is 1. The molecule has 120 valence electrons. The molecule has 0 aliphatic rings. The number of hydrogen-bond acceptors (Lipinski definition) is 7. The molecule has 10 heteroatoms. The number of fused-ring (bicyclic) bond motifs is 1. The van der Waals surface area contributed by atoms with Crippen molar-refractivity contribution in [1.29, 1.82) is 5.26 Å². The maximum Gasteiger partial charge on any atom is 0.268 e. The van der Waals surface area contributed by atoms with Crippen molar-refractivity contribution >= 4 is 21.6 Å². The SMILES string of the molecule is Cc1c(C(=O)NS(=O)(=O)c2cncc(C#N)c2)cnc2ccnn12. The van der Waals surface area contributed by atoms with Gasteiger partial charge in [0, 0.05) is 24.7 Å². The molecule has 0 aliphatic carbocycles. The van der Waals surface area contributed by atoms with E-state index >= 15 is 0 Å². The zero-order valence-corrected chi connectivity index (χ0v) is 13.1. The predicted octanol–water partition coefficient (Wildman–Crippen LogP) is 0.423. The van der Waals surface area contributed by atoms with Gasteiger partial charge in [-0.1, -0.05) is 0 Å². The van der Waals surface area contributed by atoms with E-state index in [1.165, 1.54) is 23.1 Å². The molecule has 0 spiro atoms. The van der Waals surface area contributed by atoms with E-state index in [1.54, 1.807) is 19.1 Å². The number of carbonyl (C=O) groups is 1. The largest absolute Gasteiger partial charge is 0.268 e. The van der Waals surface area contributed by atoms with Crippen molar-refractivity contribution in [3.8, 4) is 6.07 Å². The number of rotatable bonds is 3. The number of nitrogens with one attached hydrogen (secondary N) is 1. The molecule has 3 aromatic rings.